The number of rotatable bonds is 4. The van der Waals surface area contributed by atoms with Crippen LogP contribution in [0, 0.1) is 11.8 Å². The van der Waals surface area contributed by atoms with Crippen molar-refractivity contribution < 1.29 is 41.0 Å². The first kappa shape index (κ1) is 22.6. The highest BCUT2D eigenvalue weighted by atomic mass is 19.4. The Hall–Kier alpha value is -3.58. The van der Waals surface area contributed by atoms with Gasteiger partial charge in [0.25, 0.3) is 0 Å². The number of hydrogen-bond acceptors (Lipinski definition) is 4. The van der Waals surface area contributed by atoms with Gasteiger partial charge in [0.2, 0.25) is 5.91 Å². The molecule has 1 saturated carbocycles. The number of carbonyl (C=O) groups excluding carboxylic acids is 1. The number of likely N-dealkylation sites (tertiary alicyclic amines) is 1. The van der Waals surface area contributed by atoms with Crippen molar-refractivity contribution in [3.8, 4) is 11.4 Å². The van der Waals surface area contributed by atoms with E-state index in [9.17, 15) is 35.9 Å². The van der Waals surface area contributed by atoms with E-state index in [2.05, 4.69) is 15.4 Å². The minimum atomic E-state index is -5.00. The first-order valence-electron chi connectivity index (χ1n) is 9.50. The first-order chi connectivity index (χ1) is 15.3. The Morgan fingerprint density at radius 2 is 1.61 bits per heavy atom. The van der Waals surface area contributed by atoms with Gasteiger partial charge in [0, 0.05) is 48.8 Å². The van der Waals surface area contributed by atoms with Crippen LogP contribution < -0.4 is 5.32 Å². The summed E-state index contributed by atoms with van der Waals surface area (Å²) in [4.78, 5) is 28.2. The van der Waals surface area contributed by atoms with Gasteiger partial charge in [-0.2, -0.15) is 26.3 Å². The molecule has 2 unspecified atom stereocenters. The number of benzene rings is 1. The van der Waals surface area contributed by atoms with Gasteiger partial charge in [-0.25, -0.2) is 14.5 Å². The molecule has 14 heteroatoms. The molecule has 8 nitrogen and oxygen atoms in total. The minimum Gasteiger partial charge on any atom is -0.465 e. The predicted molar refractivity (Wildman–Crippen MR) is 99.3 cm³/mol. The van der Waals surface area contributed by atoms with Crippen molar-refractivity contribution in [1.82, 2.24) is 25.0 Å². The molecule has 0 spiro atoms. The molecule has 2 aromatic rings. The minimum absolute atomic E-state index is 0.0101. The molecule has 1 aliphatic heterocycles. The highest BCUT2D eigenvalue weighted by Crippen LogP contribution is 2.45. The Balaban J connectivity index is 1.46. The molecule has 176 valence electrons. The van der Waals surface area contributed by atoms with Gasteiger partial charge in [-0.15, -0.1) is 5.10 Å². The summed E-state index contributed by atoms with van der Waals surface area (Å²) in [6.45, 7) is 0.734. The zero-order chi connectivity index (χ0) is 24.1. The van der Waals surface area contributed by atoms with Crippen molar-refractivity contribution in [2.45, 2.75) is 18.4 Å². The van der Waals surface area contributed by atoms with Gasteiger partial charge >= 0.3 is 18.4 Å². The van der Waals surface area contributed by atoms with Gasteiger partial charge in [0.15, 0.2) is 5.82 Å². The van der Waals surface area contributed by atoms with Crippen LogP contribution in [0.2, 0.25) is 0 Å². The molecular formula is C19H15F6N5O3. The number of piperidine rings is 1. The van der Waals surface area contributed by atoms with Crippen LogP contribution >= 0.6 is 0 Å². The van der Waals surface area contributed by atoms with E-state index in [1.54, 1.807) is 0 Å². The Morgan fingerprint density at radius 1 is 1.03 bits per heavy atom. The summed E-state index contributed by atoms with van der Waals surface area (Å²) in [5.74, 6) is -0.694. The van der Waals surface area contributed by atoms with Crippen molar-refractivity contribution in [2.24, 2.45) is 11.8 Å². The molecule has 1 saturated heterocycles. The number of hydrogen-bond donors (Lipinski definition) is 2. The Labute approximate surface area is 181 Å². The monoisotopic (exact) mass is 475 g/mol. The number of halogens is 6. The molecule has 2 fully saturated rings. The van der Waals surface area contributed by atoms with Crippen LogP contribution in [0.1, 0.15) is 11.1 Å². The number of fused-ring (bicyclic) bond motifs is 1. The fourth-order valence-electron chi connectivity index (χ4n) is 3.87. The zero-order valence-corrected chi connectivity index (χ0v) is 16.4. The molecule has 1 aliphatic carbocycles. The zero-order valence-electron chi connectivity index (χ0n) is 16.4. The Kier molecular flexibility index (Phi) is 5.33. The van der Waals surface area contributed by atoms with Crippen LogP contribution in [-0.2, 0) is 17.1 Å². The summed E-state index contributed by atoms with van der Waals surface area (Å²) < 4.78 is 79.2. The molecule has 0 radical (unpaired) electrons. The maximum absolute atomic E-state index is 13.0. The third-order valence-corrected chi connectivity index (χ3v) is 5.52. The molecule has 33 heavy (non-hydrogen) atoms. The Morgan fingerprint density at radius 3 is 2.12 bits per heavy atom. The maximum Gasteiger partial charge on any atom is 0.416 e. The molecule has 2 heterocycles. The number of carbonyl (C=O) groups is 2. The van der Waals surface area contributed by atoms with Gasteiger partial charge in [-0.3, -0.25) is 4.79 Å². The normalized spacial score (nSPS) is 22.5. The highest BCUT2D eigenvalue weighted by molar-refractivity contribution is 5.90. The second-order valence-electron chi connectivity index (χ2n) is 7.70. The molecular weight excluding hydrogens is 460 g/mol. The summed E-state index contributed by atoms with van der Waals surface area (Å²) in [7, 11) is 0. The standard InChI is InChI=1S/C19H15F6N5O3/c20-18(21,22)10-3-9(4-11(5-10)19(23,24)25)16-26-8-30(28-16)2-1-14(31)29-6-12-13(7-29)15(12)27-17(32)33/h1-5,8,12-13,15,27H,6-7H2,(H,32,33). The fourth-order valence-corrected chi connectivity index (χ4v) is 3.87. The van der Waals surface area contributed by atoms with Crippen molar-refractivity contribution in [2.75, 3.05) is 13.1 Å². The summed E-state index contributed by atoms with van der Waals surface area (Å²) in [6.07, 6.45) is -7.77. The second kappa shape index (κ2) is 7.78. The summed E-state index contributed by atoms with van der Waals surface area (Å²) >= 11 is 0. The Bertz CT molecular complexity index is 1080. The van der Waals surface area contributed by atoms with Crippen molar-refractivity contribution in [3.05, 3.63) is 41.7 Å². The molecule has 1 aromatic heterocycles. The van der Waals surface area contributed by atoms with E-state index < -0.39 is 41.0 Å². The smallest absolute Gasteiger partial charge is 0.416 e. The SMILES string of the molecule is O=C(O)NC1C2CN(C(=O)C=Cn3cnc(-c4cc(C(F)(F)F)cc(C(F)(F)F)c4)n3)CC21. The number of amides is 2. The van der Waals surface area contributed by atoms with Gasteiger partial charge in [0.05, 0.1) is 11.1 Å². The van der Waals surface area contributed by atoms with E-state index in [0.29, 0.717) is 25.2 Å². The summed E-state index contributed by atoms with van der Waals surface area (Å²) in [6, 6.07) is 0.863. The van der Waals surface area contributed by atoms with Crippen LogP contribution in [0.5, 0.6) is 0 Å². The number of nitrogens with one attached hydrogen (secondary N) is 1. The molecule has 2 aliphatic rings. The quantitative estimate of drug-likeness (QED) is 0.523. The molecule has 4 rings (SSSR count). The highest BCUT2D eigenvalue weighted by Gasteiger charge is 2.57. The van der Waals surface area contributed by atoms with Crippen LogP contribution in [0.4, 0.5) is 31.1 Å². The van der Waals surface area contributed by atoms with Crippen LogP contribution in [0.25, 0.3) is 17.6 Å². The number of aromatic nitrogens is 3. The molecule has 2 atom stereocenters. The fraction of sp³-hybridized carbons (Fsp3) is 0.368. The predicted octanol–water partition coefficient (Wildman–Crippen LogP) is 3.18. The third-order valence-electron chi connectivity index (χ3n) is 5.52. The third kappa shape index (κ3) is 4.78. The van der Waals surface area contributed by atoms with E-state index in [0.717, 1.165) is 17.1 Å². The van der Waals surface area contributed by atoms with Gasteiger partial charge < -0.3 is 15.3 Å². The van der Waals surface area contributed by atoms with Crippen LogP contribution in [-0.4, -0.2) is 55.9 Å². The molecule has 2 N–H and O–H groups in total. The van der Waals surface area contributed by atoms with Crippen molar-refractivity contribution >= 4 is 18.2 Å². The lowest BCUT2D eigenvalue weighted by Gasteiger charge is -2.17. The second-order valence-corrected chi connectivity index (χ2v) is 7.70. The lowest BCUT2D eigenvalue weighted by molar-refractivity contribution is -0.143. The number of nitrogens with zero attached hydrogens (tertiary/aromatic N) is 4. The average molecular weight is 475 g/mol. The molecule has 0 bridgehead atoms. The van der Waals surface area contributed by atoms with Gasteiger partial charge in [0.1, 0.15) is 6.33 Å². The van der Waals surface area contributed by atoms with E-state index in [1.165, 1.54) is 11.1 Å². The molecule has 1 aromatic carbocycles. The first-order valence-corrected chi connectivity index (χ1v) is 9.50. The summed E-state index contributed by atoms with van der Waals surface area (Å²) in [5, 5.41) is 14.9. The van der Waals surface area contributed by atoms with Gasteiger partial charge in [-0.1, -0.05) is 0 Å². The lowest BCUT2D eigenvalue weighted by Crippen LogP contribution is -2.36. The van der Waals surface area contributed by atoms with E-state index in [4.69, 9.17) is 5.11 Å². The van der Waals surface area contributed by atoms with Crippen LogP contribution in [0.3, 0.4) is 0 Å². The summed E-state index contributed by atoms with van der Waals surface area (Å²) in [5.41, 5.74) is -3.46. The van der Waals surface area contributed by atoms with E-state index in [1.807, 2.05) is 0 Å². The average Bonchev–Trinajstić information content (AvgIpc) is 3.11. The molecule has 2 amide bonds. The maximum atomic E-state index is 13.0. The number of alkyl halides is 6. The largest absolute Gasteiger partial charge is 0.465 e. The van der Waals surface area contributed by atoms with Gasteiger partial charge in [-0.05, 0) is 18.2 Å². The lowest BCUT2D eigenvalue weighted by atomic mass is 10.0. The van der Waals surface area contributed by atoms with E-state index in [-0.39, 0.29) is 29.8 Å². The topological polar surface area (TPSA) is 100 Å². The number of carboxylic acid groups (broad SMARTS) is 1. The van der Waals surface area contributed by atoms with Crippen molar-refractivity contribution in [3.63, 3.8) is 0 Å². The van der Waals surface area contributed by atoms with Crippen LogP contribution in [0.15, 0.2) is 30.6 Å². The van der Waals surface area contributed by atoms with Crippen molar-refractivity contribution in [1.29, 1.82) is 0 Å². The van der Waals surface area contributed by atoms with E-state index >= 15 is 0 Å².